The zero-order valence-electron chi connectivity index (χ0n) is 15.5. The Bertz CT molecular complexity index is 840. The van der Waals surface area contributed by atoms with Crippen LogP contribution in [0.25, 0.3) is 0 Å². The summed E-state index contributed by atoms with van der Waals surface area (Å²) in [7, 11) is 3.35. The standard InChI is InChI=1S/C20H23N3O2S/c1-12-9-16(24-3)17(25-4)10-14(12)19-18(15-7-5-6-8-21-15)22-20-23(19)11-13(2)26-20/h5-10,13,18-19H,11H2,1-4H3/t13-,18-,19+/m0/s1. The van der Waals surface area contributed by atoms with E-state index in [-0.39, 0.29) is 12.1 Å². The molecule has 0 aliphatic carbocycles. The topological polar surface area (TPSA) is 47.0 Å². The van der Waals surface area contributed by atoms with Crippen LogP contribution >= 0.6 is 11.8 Å². The third-order valence-electron chi connectivity index (χ3n) is 4.97. The number of methoxy groups -OCH3 is 2. The van der Waals surface area contributed by atoms with Gasteiger partial charge >= 0.3 is 0 Å². The van der Waals surface area contributed by atoms with E-state index in [0.717, 1.165) is 28.9 Å². The van der Waals surface area contributed by atoms with Crippen molar-refractivity contribution < 1.29 is 9.47 Å². The van der Waals surface area contributed by atoms with E-state index in [9.17, 15) is 0 Å². The molecule has 1 aromatic carbocycles. The molecule has 1 fully saturated rings. The van der Waals surface area contributed by atoms with Gasteiger partial charge in [-0.15, -0.1) is 0 Å². The fraction of sp³-hybridized carbons (Fsp3) is 0.400. The number of nitrogens with zero attached hydrogens (tertiary/aromatic N) is 3. The van der Waals surface area contributed by atoms with Crippen LogP contribution in [0.1, 0.15) is 35.8 Å². The van der Waals surface area contributed by atoms with Crippen molar-refractivity contribution in [2.24, 2.45) is 4.99 Å². The lowest BCUT2D eigenvalue weighted by molar-refractivity contribution is 0.316. The smallest absolute Gasteiger partial charge is 0.161 e. The molecule has 3 heterocycles. The molecule has 0 bridgehead atoms. The van der Waals surface area contributed by atoms with Gasteiger partial charge in [-0.2, -0.15) is 0 Å². The quantitative estimate of drug-likeness (QED) is 0.815. The van der Waals surface area contributed by atoms with Gasteiger partial charge in [-0.05, 0) is 42.3 Å². The largest absolute Gasteiger partial charge is 0.493 e. The molecule has 0 saturated carbocycles. The highest BCUT2D eigenvalue weighted by atomic mass is 32.2. The molecule has 26 heavy (non-hydrogen) atoms. The summed E-state index contributed by atoms with van der Waals surface area (Å²) in [6.45, 7) is 5.36. The minimum absolute atomic E-state index is 0.0111. The van der Waals surface area contributed by atoms with Gasteiger partial charge in [0, 0.05) is 18.0 Å². The van der Waals surface area contributed by atoms with Gasteiger partial charge in [0.05, 0.1) is 26.0 Å². The normalized spacial score (nSPS) is 24.4. The van der Waals surface area contributed by atoms with Crippen LogP contribution in [0, 0.1) is 6.92 Å². The third-order valence-corrected chi connectivity index (χ3v) is 6.07. The van der Waals surface area contributed by atoms with Crippen molar-refractivity contribution in [1.29, 1.82) is 0 Å². The lowest BCUT2D eigenvalue weighted by Crippen LogP contribution is -2.29. The van der Waals surface area contributed by atoms with E-state index in [1.165, 1.54) is 11.1 Å². The first kappa shape index (κ1) is 17.2. The molecule has 3 atom stereocenters. The summed E-state index contributed by atoms with van der Waals surface area (Å²) < 4.78 is 11.0. The van der Waals surface area contributed by atoms with Crippen LogP contribution in [-0.4, -0.2) is 41.1 Å². The van der Waals surface area contributed by atoms with Gasteiger partial charge in [0.1, 0.15) is 6.04 Å². The second kappa shape index (κ2) is 6.83. The SMILES string of the molecule is COc1cc(C)c([C@@H]2[C@H](c3ccccn3)N=C3S[C@@H](C)CN32)cc1OC. The molecule has 2 aliphatic rings. The molecular weight excluding hydrogens is 346 g/mol. The number of aryl methyl sites for hydroxylation is 1. The van der Waals surface area contributed by atoms with E-state index in [4.69, 9.17) is 14.5 Å². The lowest BCUT2D eigenvalue weighted by atomic mass is 9.92. The first-order valence-electron chi connectivity index (χ1n) is 8.77. The average Bonchev–Trinajstić information content (AvgIpc) is 3.18. The van der Waals surface area contributed by atoms with Crippen molar-refractivity contribution >= 4 is 16.9 Å². The number of benzene rings is 1. The van der Waals surface area contributed by atoms with Gasteiger partial charge in [-0.25, -0.2) is 0 Å². The van der Waals surface area contributed by atoms with E-state index in [1.807, 2.05) is 36.2 Å². The molecule has 5 nitrogen and oxygen atoms in total. The molecule has 136 valence electrons. The highest BCUT2D eigenvalue weighted by Gasteiger charge is 2.44. The summed E-state index contributed by atoms with van der Waals surface area (Å²) in [6, 6.07) is 10.3. The summed E-state index contributed by atoms with van der Waals surface area (Å²) in [5, 5.41) is 1.66. The maximum Gasteiger partial charge on any atom is 0.161 e. The predicted octanol–water partition coefficient (Wildman–Crippen LogP) is 4.00. The fourth-order valence-electron chi connectivity index (χ4n) is 3.77. The van der Waals surface area contributed by atoms with Gasteiger partial charge in [0.15, 0.2) is 16.7 Å². The monoisotopic (exact) mass is 369 g/mol. The van der Waals surface area contributed by atoms with Crippen molar-refractivity contribution in [3.63, 3.8) is 0 Å². The summed E-state index contributed by atoms with van der Waals surface area (Å²) in [5.41, 5.74) is 3.39. The van der Waals surface area contributed by atoms with Crippen LogP contribution < -0.4 is 9.47 Å². The second-order valence-corrected chi connectivity index (χ2v) is 8.11. The molecule has 0 amide bonds. The first-order valence-corrected chi connectivity index (χ1v) is 9.65. The Kier molecular flexibility index (Phi) is 4.53. The predicted molar refractivity (Wildman–Crippen MR) is 105 cm³/mol. The summed E-state index contributed by atoms with van der Waals surface area (Å²) >= 11 is 1.85. The minimum Gasteiger partial charge on any atom is -0.493 e. The van der Waals surface area contributed by atoms with Crippen molar-refractivity contribution in [3.05, 3.63) is 53.3 Å². The average molecular weight is 369 g/mol. The molecule has 6 heteroatoms. The van der Waals surface area contributed by atoms with Crippen molar-refractivity contribution in [2.45, 2.75) is 31.2 Å². The summed E-state index contributed by atoms with van der Waals surface area (Å²) in [4.78, 5) is 12.0. The number of hydrogen-bond donors (Lipinski definition) is 0. The number of rotatable bonds is 4. The van der Waals surface area contributed by atoms with Crippen molar-refractivity contribution in [1.82, 2.24) is 9.88 Å². The Morgan fingerprint density at radius 1 is 1.15 bits per heavy atom. The Hall–Kier alpha value is -2.21. The minimum atomic E-state index is -0.0111. The summed E-state index contributed by atoms with van der Waals surface area (Å²) in [6.07, 6.45) is 1.84. The van der Waals surface area contributed by atoms with Gasteiger partial charge in [-0.3, -0.25) is 9.98 Å². The highest BCUT2D eigenvalue weighted by molar-refractivity contribution is 8.14. The highest BCUT2D eigenvalue weighted by Crippen LogP contribution is 2.49. The van der Waals surface area contributed by atoms with Crippen LogP contribution in [0.2, 0.25) is 0 Å². The molecule has 1 aromatic heterocycles. The molecule has 4 rings (SSSR count). The van der Waals surface area contributed by atoms with Crippen LogP contribution in [0.4, 0.5) is 0 Å². The Balaban J connectivity index is 1.82. The number of amidine groups is 1. The number of thioether (sulfide) groups is 1. The second-order valence-electron chi connectivity index (χ2n) is 6.70. The van der Waals surface area contributed by atoms with Crippen molar-refractivity contribution in [3.8, 4) is 11.5 Å². The molecule has 1 saturated heterocycles. The van der Waals surface area contributed by atoms with E-state index in [0.29, 0.717) is 5.25 Å². The van der Waals surface area contributed by atoms with Gasteiger partial charge in [0.25, 0.3) is 0 Å². The Morgan fingerprint density at radius 2 is 1.92 bits per heavy atom. The number of aromatic nitrogens is 1. The van der Waals surface area contributed by atoms with Gasteiger partial charge < -0.3 is 14.4 Å². The third kappa shape index (κ3) is 2.82. The Morgan fingerprint density at radius 3 is 2.62 bits per heavy atom. The van der Waals surface area contributed by atoms with E-state index >= 15 is 0 Å². The molecule has 2 aliphatic heterocycles. The Labute approximate surface area is 158 Å². The number of fused-ring (bicyclic) bond motifs is 1. The first-order chi connectivity index (χ1) is 12.6. The lowest BCUT2D eigenvalue weighted by Gasteiger charge is -2.29. The molecule has 0 N–H and O–H groups in total. The molecule has 0 unspecified atom stereocenters. The van der Waals surface area contributed by atoms with Gasteiger partial charge in [0.2, 0.25) is 0 Å². The van der Waals surface area contributed by atoms with E-state index in [2.05, 4.69) is 35.9 Å². The summed E-state index contributed by atoms with van der Waals surface area (Å²) in [5.74, 6) is 1.51. The van der Waals surface area contributed by atoms with Crippen molar-refractivity contribution in [2.75, 3.05) is 20.8 Å². The zero-order valence-corrected chi connectivity index (χ0v) is 16.3. The fourth-order valence-corrected chi connectivity index (χ4v) is 4.86. The maximum absolute atomic E-state index is 5.56. The van der Waals surface area contributed by atoms with Crippen LogP contribution in [0.3, 0.4) is 0 Å². The van der Waals surface area contributed by atoms with Crippen LogP contribution in [0.15, 0.2) is 41.5 Å². The maximum atomic E-state index is 5.56. The number of pyridine rings is 1. The number of hydrogen-bond acceptors (Lipinski definition) is 6. The van der Waals surface area contributed by atoms with Crippen LogP contribution in [-0.2, 0) is 0 Å². The molecule has 0 spiro atoms. The number of aliphatic imine (C=N–C) groups is 1. The van der Waals surface area contributed by atoms with Gasteiger partial charge in [-0.1, -0.05) is 24.8 Å². The molecular formula is C20H23N3O2S. The van der Waals surface area contributed by atoms with E-state index in [1.54, 1.807) is 14.2 Å². The number of ether oxygens (including phenoxy) is 2. The zero-order chi connectivity index (χ0) is 18.3. The molecule has 2 aromatic rings. The van der Waals surface area contributed by atoms with Crippen LogP contribution in [0.5, 0.6) is 11.5 Å². The molecule has 0 radical (unpaired) electrons. The van der Waals surface area contributed by atoms with E-state index < -0.39 is 0 Å².